The number of fused-ring (bicyclic) bond motifs is 1. The lowest BCUT2D eigenvalue weighted by Crippen LogP contribution is -2.25. The molecule has 0 saturated carbocycles. The smallest absolute Gasteiger partial charge is 0.242 e. The standard InChI is InChI=1S/C28H26N4O3S/c1-3-17-32-26(24-18-34-22-11-7-8-12-23(22)35-24)30-31-28(32)36-25(20-9-5-4-6-10-20)27(33)29-21-15-13-19(2)14-16-21/h3-16,24-25H,1,17-18H2,2H3,(H,29,33)/t24-,25+/m0/s1. The summed E-state index contributed by atoms with van der Waals surface area (Å²) in [6.07, 6.45) is 1.34. The Kier molecular flexibility index (Phi) is 7.04. The molecule has 2 atom stereocenters. The highest BCUT2D eigenvalue weighted by molar-refractivity contribution is 8.00. The van der Waals surface area contributed by atoms with E-state index >= 15 is 0 Å². The third-order valence-electron chi connectivity index (χ3n) is 5.74. The molecule has 7 nitrogen and oxygen atoms in total. The molecule has 1 aromatic heterocycles. The average Bonchev–Trinajstić information content (AvgIpc) is 3.31. The quantitative estimate of drug-likeness (QED) is 0.246. The van der Waals surface area contributed by atoms with Crippen LogP contribution in [-0.2, 0) is 11.3 Å². The summed E-state index contributed by atoms with van der Waals surface area (Å²) >= 11 is 1.34. The molecule has 5 rings (SSSR count). The Labute approximate surface area is 214 Å². The van der Waals surface area contributed by atoms with E-state index in [1.54, 1.807) is 6.08 Å². The molecule has 8 heteroatoms. The van der Waals surface area contributed by atoms with Crippen LogP contribution in [0.5, 0.6) is 11.5 Å². The first-order valence-electron chi connectivity index (χ1n) is 11.6. The molecular formula is C28H26N4O3S. The fourth-order valence-corrected chi connectivity index (χ4v) is 4.98. The number of para-hydroxylation sites is 2. The van der Waals surface area contributed by atoms with Gasteiger partial charge in [0.1, 0.15) is 11.9 Å². The summed E-state index contributed by atoms with van der Waals surface area (Å²) < 4.78 is 14.0. The van der Waals surface area contributed by atoms with Crippen LogP contribution in [0.2, 0.25) is 0 Å². The van der Waals surface area contributed by atoms with Gasteiger partial charge in [-0.25, -0.2) is 0 Å². The van der Waals surface area contributed by atoms with Gasteiger partial charge in [0.2, 0.25) is 5.91 Å². The van der Waals surface area contributed by atoms with E-state index in [1.165, 1.54) is 11.8 Å². The number of thioether (sulfide) groups is 1. The van der Waals surface area contributed by atoms with E-state index in [0.717, 1.165) is 16.8 Å². The predicted molar refractivity (Wildman–Crippen MR) is 140 cm³/mol. The Morgan fingerprint density at radius 3 is 2.56 bits per heavy atom. The Bertz CT molecular complexity index is 1350. The fraction of sp³-hybridized carbons (Fsp3) is 0.179. The number of hydrogen-bond acceptors (Lipinski definition) is 6. The average molecular weight is 499 g/mol. The number of aromatic nitrogens is 3. The topological polar surface area (TPSA) is 78.3 Å². The van der Waals surface area contributed by atoms with Gasteiger partial charge in [-0.1, -0.05) is 78.0 Å². The van der Waals surface area contributed by atoms with Crippen molar-refractivity contribution in [3.63, 3.8) is 0 Å². The molecular weight excluding hydrogens is 472 g/mol. The number of carbonyl (C=O) groups excluding carboxylic acids is 1. The number of amides is 1. The SMILES string of the molecule is C=CCn1c(S[C@@H](C(=O)Nc2ccc(C)cc2)c2ccccc2)nnc1[C@@H]1COc2ccccc2O1. The van der Waals surface area contributed by atoms with Crippen molar-refractivity contribution < 1.29 is 14.3 Å². The van der Waals surface area contributed by atoms with Crippen LogP contribution in [0.1, 0.15) is 28.3 Å². The maximum atomic E-state index is 13.5. The maximum Gasteiger partial charge on any atom is 0.242 e. The second-order valence-corrected chi connectivity index (χ2v) is 9.44. The summed E-state index contributed by atoms with van der Waals surface area (Å²) in [6.45, 7) is 6.69. The molecule has 0 unspecified atom stereocenters. The van der Waals surface area contributed by atoms with Crippen LogP contribution < -0.4 is 14.8 Å². The number of nitrogens with one attached hydrogen (secondary N) is 1. The van der Waals surface area contributed by atoms with E-state index in [4.69, 9.17) is 9.47 Å². The minimum absolute atomic E-state index is 0.143. The van der Waals surface area contributed by atoms with Crippen molar-refractivity contribution in [3.8, 4) is 11.5 Å². The summed E-state index contributed by atoms with van der Waals surface area (Å²) in [6, 6.07) is 24.9. The molecule has 0 saturated heterocycles. The van der Waals surface area contributed by atoms with Crippen LogP contribution in [0.25, 0.3) is 0 Å². The van der Waals surface area contributed by atoms with E-state index in [1.807, 2.05) is 90.4 Å². The lowest BCUT2D eigenvalue weighted by Gasteiger charge is -2.26. The van der Waals surface area contributed by atoms with Gasteiger partial charge < -0.3 is 14.8 Å². The third kappa shape index (κ3) is 5.13. The summed E-state index contributed by atoms with van der Waals surface area (Å²) in [5, 5.41) is 12.0. The predicted octanol–water partition coefficient (Wildman–Crippen LogP) is 5.76. The molecule has 0 aliphatic carbocycles. The number of benzene rings is 3. The van der Waals surface area contributed by atoms with Crippen LogP contribution in [0, 0.1) is 6.92 Å². The highest BCUT2D eigenvalue weighted by Crippen LogP contribution is 2.39. The Balaban J connectivity index is 1.43. The number of aryl methyl sites for hydroxylation is 1. The van der Waals surface area contributed by atoms with Gasteiger partial charge in [-0.2, -0.15) is 0 Å². The molecule has 0 spiro atoms. The first-order valence-corrected chi connectivity index (χ1v) is 12.5. The van der Waals surface area contributed by atoms with Crippen LogP contribution in [-0.4, -0.2) is 27.3 Å². The van der Waals surface area contributed by atoms with Crippen LogP contribution >= 0.6 is 11.8 Å². The summed E-state index contributed by atoms with van der Waals surface area (Å²) in [5.74, 6) is 1.85. The second kappa shape index (κ2) is 10.7. The van der Waals surface area contributed by atoms with Crippen molar-refractivity contribution in [1.82, 2.24) is 14.8 Å². The van der Waals surface area contributed by atoms with Crippen molar-refractivity contribution in [1.29, 1.82) is 0 Å². The molecule has 36 heavy (non-hydrogen) atoms. The number of nitrogens with zero attached hydrogens (tertiary/aromatic N) is 3. The first-order chi connectivity index (χ1) is 17.6. The Hall–Kier alpha value is -4.04. The molecule has 1 N–H and O–H groups in total. The summed E-state index contributed by atoms with van der Waals surface area (Å²) in [4.78, 5) is 13.5. The fourth-order valence-electron chi connectivity index (χ4n) is 3.92. The van der Waals surface area contributed by atoms with Gasteiger partial charge in [-0.15, -0.1) is 16.8 Å². The molecule has 4 aromatic rings. The van der Waals surface area contributed by atoms with Gasteiger partial charge in [-0.05, 0) is 36.8 Å². The van der Waals surface area contributed by atoms with Crippen molar-refractivity contribution in [3.05, 3.63) is 108 Å². The number of rotatable bonds is 8. The molecule has 182 valence electrons. The van der Waals surface area contributed by atoms with Crippen molar-refractivity contribution in [2.45, 2.75) is 30.0 Å². The summed E-state index contributed by atoms with van der Waals surface area (Å²) in [5.41, 5.74) is 2.74. The van der Waals surface area contributed by atoms with Gasteiger partial charge in [0.15, 0.2) is 28.6 Å². The van der Waals surface area contributed by atoms with Crippen molar-refractivity contribution in [2.24, 2.45) is 0 Å². The Morgan fingerprint density at radius 2 is 1.81 bits per heavy atom. The largest absolute Gasteiger partial charge is 0.485 e. The van der Waals surface area contributed by atoms with Crippen molar-refractivity contribution >= 4 is 23.4 Å². The van der Waals surface area contributed by atoms with E-state index in [-0.39, 0.29) is 5.91 Å². The number of ether oxygens (including phenoxy) is 2. The highest BCUT2D eigenvalue weighted by atomic mass is 32.2. The van der Waals surface area contributed by atoms with Gasteiger partial charge in [0, 0.05) is 12.2 Å². The molecule has 2 heterocycles. The lowest BCUT2D eigenvalue weighted by molar-refractivity contribution is -0.115. The molecule has 1 aliphatic rings. The van der Waals surface area contributed by atoms with Gasteiger partial charge >= 0.3 is 0 Å². The Morgan fingerprint density at radius 1 is 1.08 bits per heavy atom. The highest BCUT2D eigenvalue weighted by Gasteiger charge is 2.31. The minimum Gasteiger partial charge on any atom is -0.485 e. The molecule has 0 bridgehead atoms. The summed E-state index contributed by atoms with van der Waals surface area (Å²) in [7, 11) is 0. The normalized spacial score (nSPS) is 15.2. The number of allylic oxidation sites excluding steroid dienone is 1. The second-order valence-electron chi connectivity index (χ2n) is 8.37. The van der Waals surface area contributed by atoms with Gasteiger partial charge in [-0.3, -0.25) is 9.36 Å². The molecule has 0 fully saturated rings. The molecule has 3 aromatic carbocycles. The first kappa shape index (κ1) is 23.7. The third-order valence-corrected chi connectivity index (χ3v) is 6.97. The minimum atomic E-state index is -0.544. The molecule has 1 aliphatic heterocycles. The van der Waals surface area contributed by atoms with E-state index in [0.29, 0.717) is 35.6 Å². The zero-order valence-electron chi connectivity index (χ0n) is 19.8. The van der Waals surface area contributed by atoms with E-state index in [9.17, 15) is 4.79 Å². The van der Waals surface area contributed by atoms with Gasteiger partial charge in [0.25, 0.3) is 0 Å². The maximum absolute atomic E-state index is 13.5. The zero-order chi connectivity index (χ0) is 24.9. The van der Waals surface area contributed by atoms with Crippen LogP contribution in [0.15, 0.2) is 96.7 Å². The number of hydrogen-bond donors (Lipinski definition) is 1. The monoisotopic (exact) mass is 498 g/mol. The lowest BCUT2D eigenvalue weighted by atomic mass is 10.1. The van der Waals surface area contributed by atoms with Gasteiger partial charge in [0.05, 0.1) is 0 Å². The van der Waals surface area contributed by atoms with Crippen LogP contribution in [0.3, 0.4) is 0 Å². The molecule has 0 radical (unpaired) electrons. The van der Waals surface area contributed by atoms with Crippen molar-refractivity contribution in [2.75, 3.05) is 11.9 Å². The number of carbonyl (C=O) groups is 1. The van der Waals surface area contributed by atoms with Crippen LogP contribution in [0.4, 0.5) is 5.69 Å². The van der Waals surface area contributed by atoms with E-state index in [2.05, 4.69) is 22.1 Å². The van der Waals surface area contributed by atoms with E-state index < -0.39 is 11.4 Å². The number of anilines is 1. The zero-order valence-corrected chi connectivity index (χ0v) is 20.7. The molecule has 1 amide bonds.